The Bertz CT molecular complexity index is 1190. The van der Waals surface area contributed by atoms with Crippen molar-refractivity contribution in [1.82, 2.24) is 9.58 Å². The molecule has 5 rings (SSSR count). The van der Waals surface area contributed by atoms with Gasteiger partial charge >= 0.3 is 0 Å². The molecule has 184 valence electrons. The van der Waals surface area contributed by atoms with Crippen molar-refractivity contribution in [2.24, 2.45) is 10.1 Å². The number of nitrogens with zero attached hydrogens (tertiary/aromatic N) is 4. The zero-order valence-corrected chi connectivity index (χ0v) is 21.7. The number of hydrogen-bond donors (Lipinski definition) is 0. The molecule has 0 radical (unpaired) electrons. The second-order valence-electron chi connectivity index (χ2n) is 9.31. The van der Waals surface area contributed by atoms with Crippen LogP contribution in [0.5, 0.6) is 0 Å². The number of thiazole rings is 1. The van der Waals surface area contributed by atoms with E-state index in [2.05, 4.69) is 34.5 Å². The first-order valence-electron chi connectivity index (χ1n) is 12.7. The van der Waals surface area contributed by atoms with E-state index in [4.69, 9.17) is 26.4 Å². The second-order valence-corrected chi connectivity index (χ2v) is 10.6. The zero-order chi connectivity index (χ0) is 23.9. The lowest BCUT2D eigenvalue weighted by Crippen LogP contribution is -2.38. The topological polar surface area (TPSA) is 42.1 Å². The summed E-state index contributed by atoms with van der Waals surface area (Å²) in [6.07, 6.45) is 8.57. The molecule has 2 fully saturated rings. The minimum absolute atomic E-state index is 0.707. The molecule has 7 heteroatoms. The van der Waals surface area contributed by atoms with Crippen molar-refractivity contribution >= 4 is 29.2 Å². The molecule has 1 saturated carbocycles. The molecule has 5 nitrogen and oxygen atoms in total. The molecule has 35 heavy (non-hydrogen) atoms. The Morgan fingerprint density at radius 3 is 2.60 bits per heavy atom. The molecule has 1 aromatic heterocycles. The number of halogens is 1. The molecular formula is C28H33ClN4OS. The van der Waals surface area contributed by atoms with Crippen LogP contribution in [0.15, 0.2) is 64.0 Å². The Balaban J connectivity index is 1.41. The summed E-state index contributed by atoms with van der Waals surface area (Å²) in [6.45, 7) is 5.25. The normalized spacial score (nSPS) is 18.5. The van der Waals surface area contributed by atoms with E-state index in [1.807, 2.05) is 35.2 Å². The summed E-state index contributed by atoms with van der Waals surface area (Å²) < 4.78 is 7.43. The van der Waals surface area contributed by atoms with Crippen LogP contribution in [0.3, 0.4) is 0 Å². The highest BCUT2D eigenvalue weighted by Gasteiger charge is 2.16. The Morgan fingerprint density at radius 2 is 1.83 bits per heavy atom. The number of morpholine rings is 1. The molecule has 2 aromatic carbocycles. The van der Waals surface area contributed by atoms with Gasteiger partial charge in [-0.1, -0.05) is 67.3 Å². The van der Waals surface area contributed by atoms with Crippen LogP contribution in [0.25, 0.3) is 11.3 Å². The average Bonchev–Trinajstić information content (AvgIpc) is 3.31. The van der Waals surface area contributed by atoms with Gasteiger partial charge in [0.1, 0.15) is 0 Å². The molecule has 1 aliphatic heterocycles. The van der Waals surface area contributed by atoms with Crippen LogP contribution in [-0.4, -0.2) is 55.2 Å². The summed E-state index contributed by atoms with van der Waals surface area (Å²) in [6, 6.07) is 16.9. The van der Waals surface area contributed by atoms with Gasteiger partial charge in [-0.15, -0.1) is 11.3 Å². The van der Waals surface area contributed by atoms with Crippen LogP contribution in [0.4, 0.5) is 0 Å². The van der Waals surface area contributed by atoms with E-state index >= 15 is 0 Å². The molecule has 0 N–H and O–H groups in total. The summed E-state index contributed by atoms with van der Waals surface area (Å²) in [7, 11) is 0. The van der Waals surface area contributed by atoms with E-state index in [1.165, 1.54) is 43.2 Å². The number of benzene rings is 2. The maximum atomic E-state index is 6.19. The Labute approximate surface area is 216 Å². The highest BCUT2D eigenvalue weighted by Crippen LogP contribution is 2.33. The third-order valence-electron chi connectivity index (χ3n) is 6.91. The molecule has 1 saturated heterocycles. The van der Waals surface area contributed by atoms with E-state index < -0.39 is 0 Å². The van der Waals surface area contributed by atoms with Gasteiger partial charge in [-0.3, -0.25) is 9.89 Å². The molecule has 0 spiro atoms. The Kier molecular flexibility index (Phi) is 8.47. The lowest BCUT2D eigenvalue weighted by Gasteiger charge is -2.25. The average molecular weight is 509 g/mol. The predicted octanol–water partition coefficient (Wildman–Crippen LogP) is 6.03. The van der Waals surface area contributed by atoms with Crippen molar-refractivity contribution in [3.8, 4) is 11.3 Å². The van der Waals surface area contributed by atoms with E-state index in [1.54, 1.807) is 11.3 Å². The first-order chi connectivity index (χ1) is 17.3. The summed E-state index contributed by atoms with van der Waals surface area (Å²) >= 11 is 7.83. The van der Waals surface area contributed by atoms with Gasteiger partial charge in [0.25, 0.3) is 0 Å². The molecular weight excluding hydrogens is 476 g/mol. The molecule has 2 aliphatic rings. The van der Waals surface area contributed by atoms with E-state index in [9.17, 15) is 0 Å². The highest BCUT2D eigenvalue weighted by molar-refractivity contribution is 7.07. The monoisotopic (exact) mass is 508 g/mol. The van der Waals surface area contributed by atoms with Gasteiger partial charge < -0.3 is 4.74 Å². The van der Waals surface area contributed by atoms with Crippen LogP contribution in [-0.2, 0) is 4.74 Å². The Hall–Kier alpha value is -2.25. The maximum Gasteiger partial charge on any atom is 0.206 e. The molecule has 2 heterocycles. The fraction of sp³-hybridized carbons (Fsp3) is 0.429. The standard InChI is InChI=1S/C28H33ClN4OS/c29-26-8-4-5-22(19-26)20-31-33-27(21-35-28(33)30-13-14-32-15-17-34-18-16-32)25-11-9-24(10-12-25)23-6-2-1-3-7-23/h4-5,8-12,19-21,23H,1-3,6-7,13-18H2. The summed E-state index contributed by atoms with van der Waals surface area (Å²) in [5.74, 6) is 0.707. The molecule has 3 aromatic rings. The van der Waals surface area contributed by atoms with Crippen molar-refractivity contribution in [3.63, 3.8) is 0 Å². The van der Waals surface area contributed by atoms with Crippen molar-refractivity contribution in [3.05, 3.63) is 74.9 Å². The Morgan fingerprint density at radius 1 is 1.03 bits per heavy atom. The van der Waals surface area contributed by atoms with Gasteiger partial charge in [0.2, 0.25) is 4.80 Å². The maximum absolute atomic E-state index is 6.19. The van der Waals surface area contributed by atoms with Gasteiger partial charge in [-0.05, 0) is 42.0 Å². The molecule has 0 amide bonds. The van der Waals surface area contributed by atoms with Gasteiger partial charge in [0, 0.05) is 35.6 Å². The van der Waals surface area contributed by atoms with Gasteiger partial charge in [0.15, 0.2) is 0 Å². The second kappa shape index (κ2) is 12.1. The van der Waals surface area contributed by atoms with Crippen molar-refractivity contribution < 1.29 is 4.74 Å². The molecule has 0 atom stereocenters. The highest BCUT2D eigenvalue weighted by atomic mass is 35.5. The fourth-order valence-electron chi connectivity index (χ4n) is 4.90. The minimum Gasteiger partial charge on any atom is -0.379 e. The third kappa shape index (κ3) is 6.50. The predicted molar refractivity (Wildman–Crippen MR) is 146 cm³/mol. The van der Waals surface area contributed by atoms with Crippen LogP contribution in [0.1, 0.15) is 49.1 Å². The van der Waals surface area contributed by atoms with Crippen LogP contribution in [0.2, 0.25) is 5.02 Å². The number of hydrogen-bond acceptors (Lipinski definition) is 5. The third-order valence-corrected chi connectivity index (χ3v) is 8.00. The summed E-state index contributed by atoms with van der Waals surface area (Å²) in [5, 5.41) is 7.72. The smallest absolute Gasteiger partial charge is 0.206 e. The number of ether oxygens (including phenoxy) is 1. The van der Waals surface area contributed by atoms with E-state index in [0.717, 1.165) is 55.5 Å². The first kappa shape index (κ1) is 24.4. The lowest BCUT2D eigenvalue weighted by atomic mass is 9.84. The summed E-state index contributed by atoms with van der Waals surface area (Å²) in [4.78, 5) is 8.24. The van der Waals surface area contributed by atoms with E-state index in [0.29, 0.717) is 10.9 Å². The fourth-order valence-corrected chi connectivity index (χ4v) is 5.97. The summed E-state index contributed by atoms with van der Waals surface area (Å²) in [5.41, 5.74) is 4.66. The van der Waals surface area contributed by atoms with E-state index in [-0.39, 0.29) is 0 Å². The minimum atomic E-state index is 0.707. The molecule has 0 bridgehead atoms. The SMILES string of the molecule is Clc1cccc(C=Nn2c(-c3ccc(C4CCCCC4)cc3)csc2=NCCN2CCOCC2)c1. The molecule has 1 aliphatic carbocycles. The van der Waals surface area contributed by atoms with Crippen LogP contribution < -0.4 is 4.80 Å². The van der Waals surface area contributed by atoms with Gasteiger partial charge in [-0.25, -0.2) is 4.68 Å². The van der Waals surface area contributed by atoms with Crippen LogP contribution >= 0.6 is 22.9 Å². The van der Waals surface area contributed by atoms with Crippen molar-refractivity contribution in [2.75, 3.05) is 39.4 Å². The largest absolute Gasteiger partial charge is 0.379 e. The number of rotatable bonds is 7. The first-order valence-corrected chi connectivity index (χ1v) is 13.9. The van der Waals surface area contributed by atoms with Gasteiger partial charge in [-0.2, -0.15) is 5.10 Å². The number of aromatic nitrogens is 1. The molecule has 0 unspecified atom stereocenters. The quantitative estimate of drug-likeness (QED) is 0.365. The van der Waals surface area contributed by atoms with Crippen molar-refractivity contribution in [2.45, 2.75) is 38.0 Å². The van der Waals surface area contributed by atoms with Crippen molar-refractivity contribution in [1.29, 1.82) is 0 Å². The lowest BCUT2D eigenvalue weighted by molar-refractivity contribution is 0.0393. The van der Waals surface area contributed by atoms with Gasteiger partial charge in [0.05, 0.1) is 31.7 Å². The zero-order valence-electron chi connectivity index (χ0n) is 20.1. The van der Waals surface area contributed by atoms with Crippen LogP contribution in [0, 0.1) is 0 Å².